The Morgan fingerprint density at radius 2 is 1.85 bits per heavy atom. The van der Waals surface area contributed by atoms with Crippen LogP contribution in [-0.4, -0.2) is 53.0 Å². The molecule has 0 aliphatic heterocycles. The van der Waals surface area contributed by atoms with Gasteiger partial charge in [0.2, 0.25) is 10.0 Å². The van der Waals surface area contributed by atoms with E-state index in [1.807, 2.05) is 0 Å². The van der Waals surface area contributed by atoms with E-state index in [0.29, 0.717) is 5.69 Å². The van der Waals surface area contributed by atoms with Crippen molar-refractivity contribution >= 4 is 27.6 Å². The Morgan fingerprint density at radius 1 is 1.15 bits per heavy atom. The van der Waals surface area contributed by atoms with Crippen LogP contribution in [0.3, 0.4) is 0 Å². The molecule has 0 atom stereocenters. The number of nitrogens with zero attached hydrogens (tertiary/aromatic N) is 5. The predicted molar refractivity (Wildman–Crippen MR) is 96.4 cm³/mol. The molecule has 1 aromatic heterocycles. The highest BCUT2D eigenvalue weighted by molar-refractivity contribution is 7.89. The molecule has 0 N–H and O–H groups in total. The van der Waals surface area contributed by atoms with Crippen LogP contribution in [-0.2, 0) is 10.0 Å². The highest BCUT2D eigenvalue weighted by Gasteiger charge is 2.21. The molecule has 11 heteroatoms. The number of tetrazole rings is 1. The number of aromatic nitrogens is 4. The number of hydrogen-bond donors (Lipinski definition) is 0. The number of sulfonamides is 1. The van der Waals surface area contributed by atoms with Crippen LogP contribution >= 0.6 is 11.6 Å². The number of carbonyl (C=O) groups is 1. The normalized spacial score (nSPS) is 11.6. The number of esters is 1. The molecule has 0 aliphatic rings. The minimum Gasteiger partial charge on any atom is -0.423 e. The van der Waals surface area contributed by atoms with Crippen LogP contribution < -0.4 is 4.74 Å². The molecule has 3 rings (SSSR count). The van der Waals surface area contributed by atoms with E-state index in [1.54, 1.807) is 24.3 Å². The maximum absolute atomic E-state index is 12.4. The van der Waals surface area contributed by atoms with Crippen LogP contribution in [0.15, 0.2) is 53.7 Å². The molecule has 9 nitrogen and oxygen atoms in total. The number of rotatable bonds is 5. The van der Waals surface area contributed by atoms with Gasteiger partial charge in [0.25, 0.3) is 0 Å². The number of hydrogen-bond acceptors (Lipinski definition) is 7. The van der Waals surface area contributed by atoms with Gasteiger partial charge < -0.3 is 4.74 Å². The summed E-state index contributed by atoms with van der Waals surface area (Å²) in [5, 5.41) is 10.9. The highest BCUT2D eigenvalue weighted by atomic mass is 35.5. The Morgan fingerprint density at radius 3 is 2.44 bits per heavy atom. The molecule has 3 aromatic rings. The Hall–Kier alpha value is -2.82. The summed E-state index contributed by atoms with van der Waals surface area (Å²) >= 11 is 6.04. The van der Waals surface area contributed by atoms with E-state index >= 15 is 0 Å². The van der Waals surface area contributed by atoms with Crippen LogP contribution in [0.5, 0.6) is 5.75 Å². The number of carbonyl (C=O) groups excluding carboxylic acids is 1. The number of halogens is 1. The SMILES string of the molecule is CN(C)S(=O)(=O)c1ccc(Cl)c(C(=O)Oc2ccc(-n3cnnn3)cc2)c1. The minimum atomic E-state index is -3.71. The fraction of sp³-hybridized carbons (Fsp3) is 0.125. The topological polar surface area (TPSA) is 107 Å². The highest BCUT2D eigenvalue weighted by Crippen LogP contribution is 2.24. The standard InChI is InChI=1S/C16H14ClN5O4S/c1-21(2)27(24,25)13-7-8-15(17)14(9-13)16(23)26-12-5-3-11(4-6-12)22-10-18-19-20-22/h3-10H,1-2H3. The molecule has 0 bridgehead atoms. The third-order valence-electron chi connectivity index (χ3n) is 3.60. The second-order valence-electron chi connectivity index (χ2n) is 5.57. The monoisotopic (exact) mass is 407 g/mol. The van der Waals surface area contributed by atoms with E-state index < -0.39 is 16.0 Å². The van der Waals surface area contributed by atoms with Crippen molar-refractivity contribution in [3.05, 3.63) is 59.4 Å². The molecule has 140 valence electrons. The summed E-state index contributed by atoms with van der Waals surface area (Å²) in [6.45, 7) is 0. The molecule has 0 fully saturated rings. The first-order valence-corrected chi connectivity index (χ1v) is 9.38. The average molecular weight is 408 g/mol. The van der Waals surface area contributed by atoms with E-state index in [4.69, 9.17) is 16.3 Å². The van der Waals surface area contributed by atoms with Gasteiger partial charge in [0.1, 0.15) is 12.1 Å². The largest absolute Gasteiger partial charge is 0.423 e. The second kappa shape index (κ2) is 7.43. The van der Waals surface area contributed by atoms with Gasteiger partial charge in [-0.25, -0.2) is 22.2 Å². The van der Waals surface area contributed by atoms with Crippen LogP contribution in [0.25, 0.3) is 5.69 Å². The van der Waals surface area contributed by atoms with Gasteiger partial charge in [-0.15, -0.1) is 5.10 Å². The molecular weight excluding hydrogens is 394 g/mol. The summed E-state index contributed by atoms with van der Waals surface area (Å²) < 4.78 is 32.3. The molecule has 0 unspecified atom stereocenters. The second-order valence-corrected chi connectivity index (χ2v) is 8.13. The van der Waals surface area contributed by atoms with Crippen molar-refractivity contribution in [3.63, 3.8) is 0 Å². The van der Waals surface area contributed by atoms with Gasteiger partial charge in [0.05, 0.1) is 21.2 Å². The molecule has 0 aliphatic carbocycles. The molecule has 0 saturated carbocycles. The zero-order chi connectivity index (χ0) is 19.6. The fourth-order valence-electron chi connectivity index (χ4n) is 2.14. The van der Waals surface area contributed by atoms with Crippen LogP contribution in [0.4, 0.5) is 0 Å². The van der Waals surface area contributed by atoms with Crippen molar-refractivity contribution in [2.24, 2.45) is 0 Å². The van der Waals surface area contributed by atoms with Crippen LogP contribution in [0.2, 0.25) is 5.02 Å². The van der Waals surface area contributed by atoms with Crippen molar-refractivity contribution in [1.29, 1.82) is 0 Å². The van der Waals surface area contributed by atoms with Crippen molar-refractivity contribution in [1.82, 2.24) is 24.5 Å². The molecule has 2 aromatic carbocycles. The lowest BCUT2D eigenvalue weighted by atomic mass is 10.2. The molecule has 0 amide bonds. The summed E-state index contributed by atoms with van der Waals surface area (Å²) in [5.41, 5.74) is 0.626. The van der Waals surface area contributed by atoms with E-state index in [1.165, 1.54) is 43.3 Å². The summed E-state index contributed by atoms with van der Waals surface area (Å²) in [5.74, 6) is -0.514. The van der Waals surface area contributed by atoms with Crippen molar-refractivity contribution in [2.45, 2.75) is 4.90 Å². The van der Waals surface area contributed by atoms with Gasteiger partial charge in [0, 0.05) is 14.1 Å². The third-order valence-corrected chi connectivity index (χ3v) is 5.74. The van der Waals surface area contributed by atoms with Gasteiger partial charge in [-0.3, -0.25) is 0 Å². The van der Waals surface area contributed by atoms with E-state index in [2.05, 4.69) is 15.5 Å². The smallest absolute Gasteiger partial charge is 0.345 e. The van der Waals surface area contributed by atoms with Gasteiger partial charge in [-0.1, -0.05) is 11.6 Å². The van der Waals surface area contributed by atoms with Gasteiger partial charge >= 0.3 is 5.97 Å². The Kier molecular flexibility index (Phi) is 5.22. The maximum atomic E-state index is 12.4. The lowest BCUT2D eigenvalue weighted by Gasteiger charge is -2.13. The van der Waals surface area contributed by atoms with Crippen molar-refractivity contribution in [3.8, 4) is 11.4 Å². The van der Waals surface area contributed by atoms with E-state index in [-0.39, 0.29) is 21.2 Å². The molecule has 0 saturated heterocycles. The molecule has 1 heterocycles. The first-order valence-electron chi connectivity index (χ1n) is 7.57. The minimum absolute atomic E-state index is 0.0517. The van der Waals surface area contributed by atoms with E-state index in [9.17, 15) is 13.2 Å². The zero-order valence-electron chi connectivity index (χ0n) is 14.3. The summed E-state index contributed by atoms with van der Waals surface area (Å²) in [6.07, 6.45) is 1.43. The zero-order valence-corrected chi connectivity index (χ0v) is 15.8. The third kappa shape index (κ3) is 3.97. The Bertz CT molecular complexity index is 1070. The maximum Gasteiger partial charge on any atom is 0.345 e. The van der Waals surface area contributed by atoms with Crippen LogP contribution in [0, 0.1) is 0 Å². The lowest BCUT2D eigenvalue weighted by molar-refractivity contribution is 0.0734. The molecule has 0 spiro atoms. The number of benzene rings is 2. The van der Waals surface area contributed by atoms with Gasteiger partial charge in [-0.2, -0.15) is 0 Å². The first kappa shape index (κ1) is 19.0. The molecule has 0 radical (unpaired) electrons. The average Bonchev–Trinajstić information content (AvgIpc) is 3.17. The van der Waals surface area contributed by atoms with Crippen molar-refractivity contribution < 1.29 is 17.9 Å². The van der Waals surface area contributed by atoms with Gasteiger partial charge in [-0.05, 0) is 52.9 Å². The Labute approximate surface area is 160 Å². The molecular formula is C16H14ClN5O4S. The van der Waals surface area contributed by atoms with Crippen LogP contribution in [0.1, 0.15) is 10.4 Å². The van der Waals surface area contributed by atoms with Crippen molar-refractivity contribution in [2.75, 3.05) is 14.1 Å². The fourth-order valence-corrected chi connectivity index (χ4v) is 3.26. The predicted octanol–water partition coefficient (Wildman–Crippen LogP) is 1.79. The first-order chi connectivity index (χ1) is 12.8. The van der Waals surface area contributed by atoms with E-state index in [0.717, 1.165) is 4.31 Å². The Balaban J connectivity index is 1.84. The quantitative estimate of drug-likeness (QED) is 0.468. The molecule has 27 heavy (non-hydrogen) atoms. The summed E-state index contributed by atoms with van der Waals surface area (Å²) in [4.78, 5) is 12.4. The lowest BCUT2D eigenvalue weighted by Crippen LogP contribution is -2.22. The summed E-state index contributed by atoms with van der Waals surface area (Å²) in [6, 6.07) is 10.3. The number of ether oxygens (including phenoxy) is 1. The summed E-state index contributed by atoms with van der Waals surface area (Å²) in [7, 11) is -0.914. The van der Waals surface area contributed by atoms with Gasteiger partial charge in [0.15, 0.2) is 0 Å².